The van der Waals surface area contributed by atoms with Gasteiger partial charge in [-0.3, -0.25) is 14.9 Å². The van der Waals surface area contributed by atoms with Gasteiger partial charge in [-0.05, 0) is 18.2 Å². The third kappa shape index (κ3) is 3.23. The molecule has 0 bridgehead atoms. The Bertz CT molecular complexity index is 1240. The number of hydrogen-bond donors (Lipinski definition) is 3. The number of para-hydroxylation sites is 1. The van der Waals surface area contributed by atoms with Crippen LogP contribution in [-0.4, -0.2) is 21.8 Å². The van der Waals surface area contributed by atoms with E-state index < -0.39 is 17.4 Å². The fourth-order valence-corrected chi connectivity index (χ4v) is 3.25. The number of benzene rings is 1. The number of thiazole rings is 1. The van der Waals surface area contributed by atoms with E-state index in [9.17, 15) is 14.4 Å². The monoisotopic (exact) mass is 380 g/mol. The fourth-order valence-electron chi connectivity index (χ4n) is 2.53. The highest BCUT2D eigenvalue weighted by molar-refractivity contribution is 7.14. The summed E-state index contributed by atoms with van der Waals surface area (Å²) in [7, 11) is 0. The molecule has 0 unspecified atom stereocenters. The summed E-state index contributed by atoms with van der Waals surface area (Å²) >= 11 is 1.19. The molecule has 3 aromatic heterocycles. The van der Waals surface area contributed by atoms with Crippen LogP contribution < -0.4 is 16.7 Å². The molecule has 0 fully saturated rings. The standard InChI is InChI=1S/C18H12N4O4S/c19-15(23)12-6-10(7-20-12)13-8-27-18(21-13)22-16(24)11-5-9-3-1-2-4-14(9)26-17(11)25/h1-8,20H,(H2,19,23)(H,21,22,24). The van der Waals surface area contributed by atoms with Gasteiger partial charge in [0.05, 0.1) is 5.69 Å². The molecule has 0 aliphatic rings. The fraction of sp³-hybridized carbons (Fsp3) is 0. The summed E-state index contributed by atoms with van der Waals surface area (Å²) in [6.07, 6.45) is 1.60. The molecule has 8 nitrogen and oxygen atoms in total. The average Bonchev–Trinajstić information content (AvgIpc) is 3.30. The van der Waals surface area contributed by atoms with E-state index in [0.29, 0.717) is 27.4 Å². The second-order valence-electron chi connectivity index (χ2n) is 5.64. The van der Waals surface area contributed by atoms with Gasteiger partial charge in [0.2, 0.25) is 0 Å². The van der Waals surface area contributed by atoms with Gasteiger partial charge in [-0.1, -0.05) is 18.2 Å². The second kappa shape index (κ2) is 6.54. The molecule has 134 valence electrons. The van der Waals surface area contributed by atoms with Gasteiger partial charge < -0.3 is 15.1 Å². The van der Waals surface area contributed by atoms with Crippen LogP contribution in [0.5, 0.6) is 0 Å². The first kappa shape index (κ1) is 16.7. The zero-order valence-corrected chi connectivity index (χ0v) is 14.5. The summed E-state index contributed by atoms with van der Waals surface area (Å²) in [6, 6.07) is 9.99. The Balaban J connectivity index is 1.58. The number of aromatic amines is 1. The molecule has 0 aliphatic carbocycles. The minimum absolute atomic E-state index is 0.108. The SMILES string of the molecule is NC(=O)c1cc(-c2csc(NC(=O)c3cc4ccccc4oc3=O)n2)c[nH]1. The summed E-state index contributed by atoms with van der Waals surface area (Å²) in [5.41, 5.74) is 6.27. The normalized spacial score (nSPS) is 10.8. The molecule has 0 aliphatic heterocycles. The van der Waals surface area contributed by atoms with E-state index >= 15 is 0 Å². The maximum absolute atomic E-state index is 12.4. The number of nitrogens with zero attached hydrogens (tertiary/aromatic N) is 1. The molecule has 4 aromatic rings. The Morgan fingerprint density at radius 2 is 2.04 bits per heavy atom. The number of hydrogen-bond acceptors (Lipinski definition) is 6. The molecule has 0 saturated carbocycles. The van der Waals surface area contributed by atoms with Crippen molar-refractivity contribution in [3.8, 4) is 11.3 Å². The lowest BCUT2D eigenvalue weighted by molar-refractivity contribution is 0.0993. The quantitative estimate of drug-likeness (QED) is 0.468. The molecule has 27 heavy (non-hydrogen) atoms. The molecule has 3 heterocycles. The summed E-state index contributed by atoms with van der Waals surface area (Å²) in [6.45, 7) is 0. The molecule has 2 amide bonds. The number of nitrogens with two attached hydrogens (primary N) is 1. The lowest BCUT2D eigenvalue weighted by Crippen LogP contribution is -2.20. The van der Waals surface area contributed by atoms with E-state index in [0.717, 1.165) is 0 Å². The van der Waals surface area contributed by atoms with Crippen LogP contribution in [0.2, 0.25) is 0 Å². The van der Waals surface area contributed by atoms with Crippen LogP contribution in [0.4, 0.5) is 5.13 Å². The summed E-state index contributed by atoms with van der Waals surface area (Å²) in [4.78, 5) is 42.7. The van der Waals surface area contributed by atoms with Crippen molar-refractivity contribution in [2.75, 3.05) is 5.32 Å². The van der Waals surface area contributed by atoms with Crippen LogP contribution in [0.3, 0.4) is 0 Å². The summed E-state index contributed by atoms with van der Waals surface area (Å²) in [5.74, 6) is -1.18. The smallest absolute Gasteiger partial charge is 0.349 e. The molecule has 4 N–H and O–H groups in total. The van der Waals surface area contributed by atoms with Crippen LogP contribution in [0.15, 0.2) is 57.2 Å². The zero-order valence-electron chi connectivity index (χ0n) is 13.7. The Kier molecular flexibility index (Phi) is 4.05. The van der Waals surface area contributed by atoms with E-state index in [2.05, 4.69) is 15.3 Å². The predicted molar refractivity (Wildman–Crippen MR) is 101 cm³/mol. The van der Waals surface area contributed by atoms with Crippen LogP contribution in [0, 0.1) is 0 Å². The molecule has 0 radical (unpaired) electrons. The Morgan fingerprint density at radius 3 is 2.81 bits per heavy atom. The highest BCUT2D eigenvalue weighted by atomic mass is 32.1. The lowest BCUT2D eigenvalue weighted by atomic mass is 10.2. The lowest BCUT2D eigenvalue weighted by Gasteiger charge is -2.02. The number of nitrogens with one attached hydrogen (secondary N) is 2. The Labute approximate surface area is 155 Å². The highest BCUT2D eigenvalue weighted by Gasteiger charge is 2.16. The Morgan fingerprint density at radius 1 is 1.22 bits per heavy atom. The van der Waals surface area contributed by atoms with E-state index in [4.69, 9.17) is 10.2 Å². The number of carbonyl (C=O) groups is 2. The van der Waals surface area contributed by atoms with E-state index in [1.165, 1.54) is 17.4 Å². The predicted octanol–water partition coefficient (Wildman–Crippen LogP) is 2.60. The average molecular weight is 380 g/mol. The van der Waals surface area contributed by atoms with E-state index in [1.807, 2.05) is 0 Å². The highest BCUT2D eigenvalue weighted by Crippen LogP contribution is 2.25. The number of fused-ring (bicyclic) bond motifs is 1. The van der Waals surface area contributed by atoms with Crippen molar-refractivity contribution < 1.29 is 14.0 Å². The Hall–Kier alpha value is -3.72. The maximum atomic E-state index is 12.4. The van der Waals surface area contributed by atoms with Crippen molar-refractivity contribution in [3.63, 3.8) is 0 Å². The molecule has 0 atom stereocenters. The molecule has 0 spiro atoms. The first-order chi connectivity index (χ1) is 13.0. The number of amides is 2. The van der Waals surface area contributed by atoms with Crippen molar-refractivity contribution in [1.29, 1.82) is 0 Å². The largest absolute Gasteiger partial charge is 0.422 e. The third-order valence-corrected chi connectivity index (χ3v) is 4.61. The number of rotatable bonds is 4. The van der Waals surface area contributed by atoms with E-state index in [1.54, 1.807) is 41.9 Å². The van der Waals surface area contributed by atoms with Gasteiger partial charge in [-0.25, -0.2) is 9.78 Å². The first-order valence-corrected chi connectivity index (χ1v) is 8.67. The van der Waals surface area contributed by atoms with Gasteiger partial charge in [0.15, 0.2) is 5.13 Å². The van der Waals surface area contributed by atoms with Crippen molar-refractivity contribution in [2.45, 2.75) is 0 Å². The third-order valence-electron chi connectivity index (χ3n) is 3.85. The van der Waals surface area contributed by atoms with Crippen LogP contribution in [-0.2, 0) is 0 Å². The number of aromatic nitrogens is 2. The maximum Gasteiger partial charge on any atom is 0.349 e. The van der Waals surface area contributed by atoms with Crippen molar-refractivity contribution >= 4 is 39.3 Å². The number of carbonyl (C=O) groups excluding carboxylic acids is 2. The molecule has 4 rings (SSSR count). The van der Waals surface area contributed by atoms with Crippen molar-refractivity contribution in [2.24, 2.45) is 5.73 Å². The van der Waals surface area contributed by atoms with Gasteiger partial charge in [0, 0.05) is 22.5 Å². The molecule has 1 aromatic carbocycles. The van der Waals surface area contributed by atoms with Gasteiger partial charge in [-0.2, -0.15) is 0 Å². The van der Waals surface area contributed by atoms with Gasteiger partial charge in [0.25, 0.3) is 11.8 Å². The van der Waals surface area contributed by atoms with Crippen LogP contribution in [0.1, 0.15) is 20.8 Å². The van der Waals surface area contributed by atoms with Crippen molar-refractivity contribution in [3.05, 3.63) is 69.7 Å². The molecule has 0 saturated heterocycles. The number of anilines is 1. The molecular weight excluding hydrogens is 368 g/mol. The molecular formula is C18H12N4O4S. The molecule has 9 heteroatoms. The second-order valence-corrected chi connectivity index (χ2v) is 6.50. The summed E-state index contributed by atoms with van der Waals surface area (Å²) < 4.78 is 5.17. The van der Waals surface area contributed by atoms with Gasteiger partial charge >= 0.3 is 5.63 Å². The number of primary amides is 1. The summed E-state index contributed by atoms with van der Waals surface area (Å²) in [5, 5.41) is 5.26. The van der Waals surface area contributed by atoms with E-state index in [-0.39, 0.29) is 11.3 Å². The minimum Gasteiger partial charge on any atom is -0.422 e. The minimum atomic E-state index is -0.722. The van der Waals surface area contributed by atoms with Crippen LogP contribution >= 0.6 is 11.3 Å². The van der Waals surface area contributed by atoms with Gasteiger partial charge in [-0.15, -0.1) is 11.3 Å². The first-order valence-electron chi connectivity index (χ1n) is 7.79. The van der Waals surface area contributed by atoms with Gasteiger partial charge in [0.1, 0.15) is 16.8 Å². The zero-order chi connectivity index (χ0) is 19.0. The van der Waals surface area contributed by atoms with Crippen molar-refractivity contribution in [1.82, 2.24) is 9.97 Å². The van der Waals surface area contributed by atoms with Crippen LogP contribution in [0.25, 0.3) is 22.2 Å². The number of H-pyrrole nitrogens is 1. The topological polar surface area (TPSA) is 131 Å².